The molecule has 5 rings (SSSR count). The molecule has 0 spiro atoms. The number of benzene rings is 1. The van der Waals surface area contributed by atoms with E-state index in [1.165, 1.54) is 19.3 Å². The first kappa shape index (κ1) is 21.4. The van der Waals surface area contributed by atoms with Crippen molar-refractivity contribution in [3.8, 4) is 0 Å². The molecule has 164 valence electrons. The molecule has 0 aliphatic heterocycles. The maximum absolute atomic E-state index is 13.5. The van der Waals surface area contributed by atoms with E-state index in [0.717, 1.165) is 25.7 Å². The summed E-state index contributed by atoms with van der Waals surface area (Å²) >= 11 is 0. The van der Waals surface area contributed by atoms with Gasteiger partial charge >= 0.3 is 0 Å². The first-order valence-corrected chi connectivity index (χ1v) is 11.5. The Labute approximate surface area is 180 Å². The molecule has 0 heterocycles. The van der Waals surface area contributed by atoms with E-state index in [-0.39, 0.29) is 17.2 Å². The molecule has 2 amide bonds. The fourth-order valence-electron chi connectivity index (χ4n) is 7.33. The summed E-state index contributed by atoms with van der Waals surface area (Å²) in [6.45, 7) is 8.64. The van der Waals surface area contributed by atoms with Gasteiger partial charge in [-0.05, 0) is 86.8 Å². The summed E-state index contributed by atoms with van der Waals surface area (Å²) < 4.78 is 5.30. The summed E-state index contributed by atoms with van der Waals surface area (Å²) in [6, 6.07) is 7.31. The van der Waals surface area contributed by atoms with E-state index >= 15 is 0 Å². The fraction of sp³-hybridized carbons (Fsp3) is 0.680. The molecular weight excluding hydrogens is 376 g/mol. The third kappa shape index (κ3) is 4.27. The molecule has 4 saturated carbocycles. The summed E-state index contributed by atoms with van der Waals surface area (Å²) in [5, 5.41) is 6.10. The summed E-state index contributed by atoms with van der Waals surface area (Å²) in [7, 11) is 0. The standard InChI is InChI=1S/C25H36N2O3/c1-4-30-10-6-9-26-21(28)19-7-5-8-20(11-19)27-22(29)25-14-18-12-23(2,16-25)15-24(3,13-18)17-25/h5,7-8,11,18H,4,6,9-10,12-17H2,1-3H3,(H,26,28)(H,27,29). The lowest BCUT2D eigenvalue weighted by atomic mass is 9.40. The topological polar surface area (TPSA) is 67.4 Å². The van der Waals surface area contributed by atoms with E-state index in [0.29, 0.717) is 47.8 Å². The summed E-state index contributed by atoms with van der Waals surface area (Å²) in [5.74, 6) is 0.714. The molecule has 1 aromatic carbocycles. The number of nitrogens with one attached hydrogen (secondary N) is 2. The van der Waals surface area contributed by atoms with Gasteiger partial charge in [-0.3, -0.25) is 9.59 Å². The number of carbonyl (C=O) groups excluding carboxylic acids is 2. The van der Waals surface area contributed by atoms with Crippen LogP contribution in [0.3, 0.4) is 0 Å². The highest BCUT2D eigenvalue weighted by Gasteiger charge is 2.62. The second kappa shape index (κ2) is 7.99. The first-order chi connectivity index (χ1) is 14.2. The Morgan fingerprint density at radius 1 is 1.10 bits per heavy atom. The number of hydrogen-bond acceptors (Lipinski definition) is 3. The van der Waals surface area contributed by atoms with Crippen molar-refractivity contribution >= 4 is 17.5 Å². The van der Waals surface area contributed by atoms with Crippen molar-refractivity contribution < 1.29 is 14.3 Å². The van der Waals surface area contributed by atoms with E-state index < -0.39 is 0 Å². The minimum Gasteiger partial charge on any atom is -0.382 e. The van der Waals surface area contributed by atoms with Gasteiger partial charge in [-0.25, -0.2) is 0 Å². The summed E-state index contributed by atoms with van der Waals surface area (Å²) in [5.41, 5.74) is 1.64. The van der Waals surface area contributed by atoms with Crippen LogP contribution in [0.4, 0.5) is 5.69 Å². The Kier molecular flexibility index (Phi) is 5.69. The summed E-state index contributed by atoms with van der Waals surface area (Å²) in [4.78, 5) is 25.9. The maximum atomic E-state index is 13.5. The van der Waals surface area contributed by atoms with Crippen LogP contribution in [0, 0.1) is 22.2 Å². The quantitative estimate of drug-likeness (QED) is 0.604. The number of carbonyl (C=O) groups is 2. The van der Waals surface area contributed by atoms with Crippen LogP contribution in [-0.2, 0) is 9.53 Å². The van der Waals surface area contributed by atoms with E-state index in [9.17, 15) is 9.59 Å². The monoisotopic (exact) mass is 412 g/mol. The molecule has 0 radical (unpaired) electrons. The van der Waals surface area contributed by atoms with E-state index in [1.54, 1.807) is 12.1 Å². The fourth-order valence-corrected chi connectivity index (χ4v) is 7.33. The van der Waals surface area contributed by atoms with Crippen molar-refractivity contribution in [3.63, 3.8) is 0 Å². The van der Waals surface area contributed by atoms with Crippen molar-refractivity contribution in [1.82, 2.24) is 5.32 Å². The van der Waals surface area contributed by atoms with E-state index in [1.807, 2.05) is 19.1 Å². The third-order valence-electron chi connectivity index (χ3n) is 7.45. The van der Waals surface area contributed by atoms with Crippen LogP contribution in [0.25, 0.3) is 0 Å². The molecule has 4 bridgehead atoms. The molecular formula is C25H36N2O3. The molecule has 5 nitrogen and oxygen atoms in total. The molecule has 30 heavy (non-hydrogen) atoms. The lowest BCUT2D eigenvalue weighted by Crippen LogP contribution is -2.58. The number of anilines is 1. The van der Waals surface area contributed by atoms with Crippen LogP contribution in [0.2, 0.25) is 0 Å². The average Bonchev–Trinajstić information content (AvgIpc) is 2.65. The van der Waals surface area contributed by atoms with Gasteiger partial charge in [0.1, 0.15) is 0 Å². The highest BCUT2D eigenvalue weighted by Crippen LogP contribution is 2.69. The van der Waals surface area contributed by atoms with Crippen LogP contribution in [0.5, 0.6) is 0 Å². The molecule has 0 saturated heterocycles. The first-order valence-electron chi connectivity index (χ1n) is 11.5. The largest absolute Gasteiger partial charge is 0.382 e. The minimum atomic E-state index is -0.250. The zero-order valence-corrected chi connectivity index (χ0v) is 18.7. The second-order valence-corrected chi connectivity index (χ2v) is 10.8. The third-order valence-corrected chi connectivity index (χ3v) is 7.45. The number of hydrogen-bond donors (Lipinski definition) is 2. The Hall–Kier alpha value is -1.88. The SMILES string of the molecule is CCOCCCNC(=O)c1cccc(NC(=O)C23CC4CC(C)(CC(C)(C4)C2)C3)c1. The van der Waals surface area contributed by atoms with Crippen molar-refractivity contribution in [3.05, 3.63) is 29.8 Å². The Morgan fingerprint density at radius 2 is 1.83 bits per heavy atom. The molecule has 0 aromatic heterocycles. The minimum absolute atomic E-state index is 0.113. The zero-order chi connectivity index (χ0) is 21.4. The van der Waals surface area contributed by atoms with Crippen molar-refractivity contribution in [1.29, 1.82) is 0 Å². The molecule has 2 atom stereocenters. The van der Waals surface area contributed by atoms with Gasteiger partial charge in [0.2, 0.25) is 5.91 Å². The van der Waals surface area contributed by atoms with Crippen molar-refractivity contribution in [2.75, 3.05) is 25.1 Å². The zero-order valence-electron chi connectivity index (χ0n) is 18.7. The van der Waals surface area contributed by atoms with Crippen LogP contribution in [-0.4, -0.2) is 31.6 Å². The summed E-state index contributed by atoms with van der Waals surface area (Å²) in [6.07, 6.45) is 7.61. The molecule has 2 unspecified atom stereocenters. The predicted molar refractivity (Wildman–Crippen MR) is 118 cm³/mol. The average molecular weight is 413 g/mol. The van der Waals surface area contributed by atoms with Crippen molar-refractivity contribution in [2.24, 2.45) is 22.2 Å². The van der Waals surface area contributed by atoms with Crippen LogP contribution < -0.4 is 10.6 Å². The highest BCUT2D eigenvalue weighted by molar-refractivity contribution is 5.99. The van der Waals surface area contributed by atoms with E-state index in [4.69, 9.17) is 4.74 Å². The van der Waals surface area contributed by atoms with Gasteiger partial charge in [0.05, 0.1) is 5.41 Å². The van der Waals surface area contributed by atoms with Crippen LogP contribution in [0.15, 0.2) is 24.3 Å². The predicted octanol–water partition coefficient (Wildman–Crippen LogP) is 4.78. The van der Waals surface area contributed by atoms with Crippen LogP contribution in [0.1, 0.15) is 76.1 Å². The molecule has 4 aliphatic rings. The Morgan fingerprint density at radius 3 is 2.50 bits per heavy atom. The van der Waals surface area contributed by atoms with Gasteiger partial charge in [0.15, 0.2) is 0 Å². The van der Waals surface area contributed by atoms with Crippen molar-refractivity contribution in [2.45, 2.75) is 65.7 Å². The smallest absolute Gasteiger partial charge is 0.251 e. The number of ether oxygens (including phenoxy) is 1. The maximum Gasteiger partial charge on any atom is 0.251 e. The second-order valence-electron chi connectivity index (χ2n) is 10.8. The molecule has 4 fully saturated rings. The number of rotatable bonds is 8. The Balaban J connectivity index is 1.41. The lowest BCUT2D eigenvalue weighted by molar-refractivity contribution is -0.165. The number of amides is 2. The van der Waals surface area contributed by atoms with Crippen LogP contribution >= 0.6 is 0 Å². The molecule has 1 aromatic rings. The van der Waals surface area contributed by atoms with E-state index in [2.05, 4.69) is 24.5 Å². The van der Waals surface area contributed by atoms with Gasteiger partial charge in [0.25, 0.3) is 5.91 Å². The lowest BCUT2D eigenvalue weighted by Gasteiger charge is -2.64. The van der Waals surface area contributed by atoms with Gasteiger partial charge in [-0.2, -0.15) is 0 Å². The Bertz CT molecular complexity index is 802. The normalized spacial score (nSPS) is 34.0. The molecule has 4 aliphatic carbocycles. The van der Waals surface area contributed by atoms with Gasteiger partial charge < -0.3 is 15.4 Å². The van der Waals surface area contributed by atoms with Gasteiger partial charge in [-0.1, -0.05) is 19.9 Å². The molecule has 5 heteroatoms. The van der Waals surface area contributed by atoms with Gasteiger partial charge in [-0.15, -0.1) is 0 Å². The highest BCUT2D eigenvalue weighted by atomic mass is 16.5. The van der Waals surface area contributed by atoms with Gasteiger partial charge in [0, 0.05) is 31.0 Å². The molecule has 2 N–H and O–H groups in total.